The zero-order valence-corrected chi connectivity index (χ0v) is 15.4. The largest absolute Gasteiger partial charge is 0.493 e. The van der Waals surface area contributed by atoms with Gasteiger partial charge >= 0.3 is 0 Å². The minimum atomic E-state index is -0.833. The highest BCUT2D eigenvalue weighted by atomic mass is 32.1. The molecule has 0 atom stereocenters. The van der Waals surface area contributed by atoms with Gasteiger partial charge in [0.15, 0.2) is 11.5 Å². The van der Waals surface area contributed by atoms with Crippen LogP contribution in [0.15, 0.2) is 23.3 Å². The summed E-state index contributed by atoms with van der Waals surface area (Å²) in [4.78, 5) is 25.8. The van der Waals surface area contributed by atoms with Crippen molar-refractivity contribution in [3.8, 4) is 17.2 Å². The van der Waals surface area contributed by atoms with E-state index >= 15 is 0 Å². The zero-order chi connectivity index (χ0) is 19.3. The number of rotatable bonds is 4. The van der Waals surface area contributed by atoms with Crippen molar-refractivity contribution in [2.24, 2.45) is 0 Å². The summed E-state index contributed by atoms with van der Waals surface area (Å²) in [5, 5.41) is 11.3. The minimum absolute atomic E-state index is 0.203. The predicted octanol–water partition coefficient (Wildman–Crippen LogP) is 0.815. The Morgan fingerprint density at radius 2 is 1.77 bits per heavy atom. The minimum Gasteiger partial charge on any atom is -0.493 e. The van der Waals surface area contributed by atoms with E-state index in [0.717, 1.165) is 12.5 Å². The molecule has 0 aliphatic rings. The fraction of sp³-hybridized carbons (Fsp3) is 0.250. The highest BCUT2D eigenvalue weighted by molar-refractivity contribution is 7.15. The third-order valence-electron chi connectivity index (χ3n) is 3.11. The van der Waals surface area contributed by atoms with Gasteiger partial charge in [-0.15, -0.1) is 0 Å². The predicted molar refractivity (Wildman–Crippen MR) is 95.3 cm³/mol. The molecule has 0 amide bonds. The lowest BCUT2D eigenvalue weighted by atomic mass is 10.1. The number of hydrogen-bond donors (Lipinski definition) is 1. The molecule has 138 valence electrons. The quantitative estimate of drug-likeness (QED) is 0.709. The Bertz CT molecular complexity index is 997. The van der Waals surface area contributed by atoms with Gasteiger partial charge in [-0.3, -0.25) is 9.59 Å². The van der Waals surface area contributed by atoms with E-state index in [2.05, 4.69) is 10.1 Å². The number of nitrogens with zero attached hydrogens (tertiary/aromatic N) is 3. The van der Waals surface area contributed by atoms with E-state index < -0.39 is 5.97 Å². The molecule has 0 radical (unpaired) electrons. The number of benzene rings is 1. The summed E-state index contributed by atoms with van der Waals surface area (Å²) in [5.74, 6) is 0.729. The number of fused-ring (bicyclic) bond motifs is 1. The number of hydrogen-bond acceptors (Lipinski definition) is 8. The first-order valence-electron chi connectivity index (χ1n) is 7.25. The number of thiazole rings is 1. The van der Waals surface area contributed by atoms with Crippen molar-refractivity contribution in [1.82, 2.24) is 14.6 Å². The van der Waals surface area contributed by atoms with E-state index in [-0.39, 0.29) is 5.56 Å². The van der Waals surface area contributed by atoms with E-state index in [4.69, 9.17) is 24.1 Å². The molecule has 0 aliphatic heterocycles. The van der Waals surface area contributed by atoms with E-state index in [1.165, 1.54) is 22.2 Å². The molecule has 0 aliphatic carbocycles. The Morgan fingerprint density at radius 3 is 2.23 bits per heavy atom. The van der Waals surface area contributed by atoms with Crippen LogP contribution in [-0.4, -0.2) is 47.0 Å². The first kappa shape index (κ1) is 19.2. The summed E-state index contributed by atoms with van der Waals surface area (Å²) >= 11 is 1.27. The number of carboxylic acid groups (broad SMARTS) is 1. The molecule has 0 saturated heterocycles. The van der Waals surface area contributed by atoms with Crippen LogP contribution < -0.4 is 24.3 Å². The van der Waals surface area contributed by atoms with Gasteiger partial charge in [0.2, 0.25) is 10.7 Å². The van der Waals surface area contributed by atoms with Crippen LogP contribution >= 0.6 is 11.3 Å². The van der Waals surface area contributed by atoms with E-state index in [1.54, 1.807) is 39.5 Å². The number of ether oxygens (including phenoxy) is 3. The normalized spacial score (nSPS) is 11.0. The monoisotopic (exact) mass is 379 g/mol. The SMILES string of the molecule is CC(=O)O.COc1cc(C=c2sc3ncnn3c2=O)cc(OC)c1OC. The van der Waals surface area contributed by atoms with E-state index in [1.807, 2.05) is 0 Å². The number of carboxylic acids is 1. The summed E-state index contributed by atoms with van der Waals surface area (Å²) in [6, 6.07) is 3.55. The van der Waals surface area contributed by atoms with E-state index in [9.17, 15) is 4.79 Å². The Labute approximate surface area is 152 Å². The molecule has 3 aromatic rings. The third-order valence-corrected chi connectivity index (χ3v) is 4.08. The maximum absolute atomic E-state index is 12.2. The maximum atomic E-state index is 12.2. The van der Waals surface area contributed by atoms with Crippen LogP contribution in [0, 0.1) is 0 Å². The number of methoxy groups -OCH3 is 3. The highest BCUT2D eigenvalue weighted by Gasteiger charge is 2.13. The molecule has 0 unspecified atom stereocenters. The first-order chi connectivity index (χ1) is 12.4. The molecule has 0 saturated carbocycles. The molecule has 3 rings (SSSR count). The van der Waals surface area contributed by atoms with E-state index in [0.29, 0.717) is 26.7 Å². The molecule has 2 heterocycles. The van der Waals surface area contributed by atoms with Crippen LogP contribution in [0.2, 0.25) is 0 Å². The fourth-order valence-corrected chi connectivity index (χ4v) is 3.00. The molecule has 1 N–H and O–H groups in total. The average molecular weight is 379 g/mol. The Morgan fingerprint density at radius 1 is 1.19 bits per heavy atom. The van der Waals surface area contributed by atoms with Gasteiger partial charge in [0, 0.05) is 6.92 Å². The van der Waals surface area contributed by atoms with Crippen LogP contribution in [0.5, 0.6) is 17.2 Å². The molecule has 0 bridgehead atoms. The van der Waals surface area contributed by atoms with Crippen LogP contribution in [-0.2, 0) is 4.79 Å². The van der Waals surface area contributed by atoms with Crippen molar-refractivity contribution < 1.29 is 24.1 Å². The van der Waals surface area contributed by atoms with Crippen molar-refractivity contribution >= 4 is 28.3 Å². The molecule has 9 nitrogen and oxygen atoms in total. The molecular formula is C16H17N3O6S. The number of aromatic nitrogens is 3. The van der Waals surface area contributed by atoms with Gasteiger partial charge in [0.1, 0.15) is 6.33 Å². The standard InChI is InChI=1S/C14H13N3O4S.C2H4O2/c1-19-9-4-8(5-10(20-2)12(9)21-3)6-11-13(18)17-14(22-11)15-7-16-17;1-2(3)4/h4-7H,1-3H3;1H3,(H,3,4). The van der Waals surface area contributed by atoms with Gasteiger partial charge in [0.25, 0.3) is 11.5 Å². The summed E-state index contributed by atoms with van der Waals surface area (Å²) < 4.78 is 17.7. The highest BCUT2D eigenvalue weighted by Crippen LogP contribution is 2.38. The second-order valence-electron chi connectivity index (χ2n) is 4.85. The second-order valence-corrected chi connectivity index (χ2v) is 5.86. The molecule has 0 fully saturated rings. The van der Waals surface area contributed by atoms with Crippen LogP contribution in [0.3, 0.4) is 0 Å². The van der Waals surface area contributed by atoms with Crippen LogP contribution in [0.25, 0.3) is 11.0 Å². The zero-order valence-electron chi connectivity index (χ0n) is 14.5. The first-order valence-corrected chi connectivity index (χ1v) is 8.06. The Hall–Kier alpha value is -3.14. The van der Waals surface area contributed by atoms with Gasteiger partial charge in [-0.1, -0.05) is 11.3 Å². The molecule has 2 aromatic heterocycles. The lowest BCUT2D eigenvalue weighted by molar-refractivity contribution is -0.134. The fourth-order valence-electron chi connectivity index (χ4n) is 2.11. The van der Waals surface area contributed by atoms with Gasteiger partial charge in [-0.2, -0.15) is 9.61 Å². The van der Waals surface area contributed by atoms with Crippen LogP contribution in [0.4, 0.5) is 0 Å². The second kappa shape index (κ2) is 8.30. The lowest BCUT2D eigenvalue weighted by Gasteiger charge is -2.12. The van der Waals surface area contributed by atoms with Crippen LogP contribution in [0.1, 0.15) is 12.5 Å². The van der Waals surface area contributed by atoms with Crippen molar-refractivity contribution in [1.29, 1.82) is 0 Å². The van der Waals surface area contributed by atoms with Crippen molar-refractivity contribution in [2.75, 3.05) is 21.3 Å². The summed E-state index contributed by atoms with van der Waals surface area (Å²) in [5.41, 5.74) is 0.558. The van der Waals surface area contributed by atoms with Gasteiger partial charge in [-0.05, 0) is 23.8 Å². The lowest BCUT2D eigenvalue weighted by Crippen LogP contribution is -2.23. The summed E-state index contributed by atoms with van der Waals surface area (Å²) in [6.45, 7) is 1.08. The van der Waals surface area contributed by atoms with Gasteiger partial charge in [0.05, 0.1) is 25.9 Å². The molecule has 0 spiro atoms. The Balaban J connectivity index is 0.000000552. The van der Waals surface area contributed by atoms with Crippen molar-refractivity contribution in [2.45, 2.75) is 6.92 Å². The third kappa shape index (κ3) is 4.09. The Kier molecular flexibility index (Phi) is 6.12. The average Bonchev–Trinajstić information content (AvgIpc) is 3.17. The molecular weight excluding hydrogens is 362 g/mol. The molecule has 10 heteroatoms. The van der Waals surface area contributed by atoms with Crippen molar-refractivity contribution in [3.05, 3.63) is 38.9 Å². The topological polar surface area (TPSA) is 112 Å². The summed E-state index contributed by atoms with van der Waals surface area (Å²) in [7, 11) is 4.63. The van der Waals surface area contributed by atoms with Crippen molar-refractivity contribution in [3.63, 3.8) is 0 Å². The van der Waals surface area contributed by atoms with Gasteiger partial charge in [-0.25, -0.2) is 4.98 Å². The molecule has 26 heavy (non-hydrogen) atoms. The maximum Gasteiger partial charge on any atom is 0.300 e. The smallest absolute Gasteiger partial charge is 0.300 e. The number of aliphatic carboxylic acids is 1. The summed E-state index contributed by atoms with van der Waals surface area (Å²) in [6.07, 6.45) is 3.10. The van der Waals surface area contributed by atoms with Gasteiger partial charge < -0.3 is 19.3 Å². The molecule has 1 aromatic carbocycles. The number of carbonyl (C=O) groups is 1.